The summed E-state index contributed by atoms with van der Waals surface area (Å²) in [7, 11) is 0. The van der Waals surface area contributed by atoms with Gasteiger partial charge >= 0.3 is 0 Å². The molecular weight excluding hydrogens is 500 g/mol. The third-order valence-corrected chi connectivity index (χ3v) is 10.6. The molecule has 4 aliphatic rings. The maximum absolute atomic E-state index is 5.81. The van der Waals surface area contributed by atoms with Crippen molar-refractivity contribution in [3.8, 4) is 0 Å². The van der Waals surface area contributed by atoms with E-state index in [1.54, 1.807) is 0 Å². The van der Waals surface area contributed by atoms with Gasteiger partial charge in [-0.15, -0.1) is 0 Å². The zero-order valence-corrected chi connectivity index (χ0v) is 23.8. The van der Waals surface area contributed by atoms with Gasteiger partial charge in [0, 0.05) is 43.6 Å². The smallest absolute Gasteiger partial charge is 0.181 e. The molecule has 7 rings (SSSR count). The molecule has 3 saturated heterocycles. The molecule has 1 aromatic heterocycles. The Bertz CT molecular complexity index is 1270. The number of thiocarbonyl (C=S) groups is 1. The van der Waals surface area contributed by atoms with Crippen LogP contribution >= 0.6 is 12.2 Å². The molecule has 7 heteroatoms. The first-order valence-electron chi connectivity index (χ1n) is 14.8. The number of fused-ring (bicyclic) bond motifs is 3. The largest absolute Gasteiger partial charge is 0.364 e. The van der Waals surface area contributed by atoms with Gasteiger partial charge < -0.3 is 15.1 Å². The maximum Gasteiger partial charge on any atom is 0.181 e. The summed E-state index contributed by atoms with van der Waals surface area (Å²) in [5.41, 5.74) is 4.41. The van der Waals surface area contributed by atoms with Crippen molar-refractivity contribution in [2.24, 2.45) is 0 Å². The van der Waals surface area contributed by atoms with Crippen molar-refractivity contribution in [2.45, 2.75) is 81.6 Å². The van der Waals surface area contributed by atoms with Crippen LogP contribution in [0.15, 0.2) is 73.3 Å². The Balaban J connectivity index is 1.05. The Kier molecular flexibility index (Phi) is 6.60. The molecule has 5 heterocycles. The first kappa shape index (κ1) is 25.1. The highest BCUT2D eigenvalue weighted by Crippen LogP contribution is 2.45. The van der Waals surface area contributed by atoms with E-state index in [1.165, 1.54) is 55.6 Å². The Morgan fingerprint density at radius 2 is 1.69 bits per heavy atom. The summed E-state index contributed by atoms with van der Waals surface area (Å²) in [6, 6.07) is 22.2. The van der Waals surface area contributed by atoms with Crippen LogP contribution in [0.4, 0.5) is 11.4 Å². The lowest BCUT2D eigenvalue weighted by Gasteiger charge is -2.47. The third kappa shape index (κ3) is 4.53. The number of nitrogens with zero attached hydrogens (tertiary/aromatic N) is 5. The molecule has 0 radical (unpaired) electrons. The molecule has 39 heavy (non-hydrogen) atoms. The first-order valence-corrected chi connectivity index (χ1v) is 15.2. The van der Waals surface area contributed by atoms with Crippen LogP contribution in [0.25, 0.3) is 0 Å². The van der Waals surface area contributed by atoms with Gasteiger partial charge in [0.05, 0.1) is 17.5 Å². The number of hydrogen-bond acceptors (Lipinski definition) is 5. The van der Waals surface area contributed by atoms with Gasteiger partial charge in [0.25, 0.3) is 0 Å². The van der Waals surface area contributed by atoms with E-state index in [4.69, 9.17) is 12.2 Å². The van der Waals surface area contributed by atoms with Gasteiger partial charge in [-0.05, 0) is 93.7 Å². The van der Waals surface area contributed by atoms with E-state index in [0.717, 1.165) is 31.0 Å². The predicted molar refractivity (Wildman–Crippen MR) is 162 cm³/mol. The number of piperidine rings is 2. The van der Waals surface area contributed by atoms with E-state index in [9.17, 15) is 0 Å². The zero-order chi connectivity index (χ0) is 26.4. The summed E-state index contributed by atoms with van der Waals surface area (Å²) in [4.78, 5) is 12.2. The number of para-hydroxylation sites is 2. The van der Waals surface area contributed by atoms with E-state index in [1.807, 2.05) is 23.3 Å². The van der Waals surface area contributed by atoms with Crippen LogP contribution < -0.4 is 10.2 Å². The fourth-order valence-corrected chi connectivity index (χ4v) is 8.44. The highest BCUT2D eigenvalue weighted by atomic mass is 32.1. The van der Waals surface area contributed by atoms with Crippen molar-refractivity contribution in [2.75, 3.05) is 29.9 Å². The quantitative estimate of drug-likeness (QED) is 0.418. The number of aromatic nitrogens is 2. The molecule has 6 nitrogen and oxygen atoms in total. The Morgan fingerprint density at radius 3 is 2.41 bits per heavy atom. The minimum absolute atomic E-state index is 0.213. The van der Waals surface area contributed by atoms with Gasteiger partial charge in [0.1, 0.15) is 6.33 Å². The lowest BCUT2D eigenvalue weighted by Crippen LogP contribution is -2.54. The summed E-state index contributed by atoms with van der Waals surface area (Å²) in [6.07, 6.45) is 14.7. The number of likely N-dealkylation sites (tertiary alicyclic amines) is 1. The standard InChI is InChI=1S/C32H40N6S/c1-24-34-29-9-5-6-10-30(29)38(24)28-21-26-11-12-27(22-28)37(26)19-15-32(25-7-3-2-4-8-25)13-17-35(18-14-32)31(39)36-20-16-33-23-36/h2-10,16,20,23-24,26-28,34H,11-15,17-19,21-22H2,1H3/t24?,26-,27+,28?. The molecule has 2 aromatic carbocycles. The van der Waals surface area contributed by atoms with Crippen molar-refractivity contribution < 1.29 is 0 Å². The molecule has 4 aliphatic heterocycles. The minimum atomic E-state index is 0.213. The average Bonchev–Trinajstić information content (AvgIpc) is 3.68. The van der Waals surface area contributed by atoms with E-state index in [2.05, 4.69) is 86.5 Å². The number of nitrogens with one attached hydrogen (secondary N) is 1. The molecule has 0 spiro atoms. The van der Waals surface area contributed by atoms with Crippen LogP contribution in [0, 0.1) is 0 Å². The fourth-order valence-electron chi connectivity index (χ4n) is 8.15. The summed E-state index contributed by atoms with van der Waals surface area (Å²) < 4.78 is 1.97. The minimum Gasteiger partial charge on any atom is -0.364 e. The van der Waals surface area contributed by atoms with Crippen LogP contribution in [0.3, 0.4) is 0 Å². The van der Waals surface area contributed by atoms with Crippen LogP contribution in [-0.4, -0.2) is 68.4 Å². The molecule has 0 amide bonds. The molecule has 2 bridgehead atoms. The van der Waals surface area contributed by atoms with E-state index >= 15 is 0 Å². The fraction of sp³-hybridized carbons (Fsp3) is 0.500. The van der Waals surface area contributed by atoms with Crippen LogP contribution in [0.1, 0.15) is 57.4 Å². The van der Waals surface area contributed by atoms with E-state index in [-0.39, 0.29) is 5.41 Å². The Labute approximate surface area is 238 Å². The summed E-state index contributed by atoms with van der Waals surface area (Å²) in [5.74, 6) is 0. The highest BCUT2D eigenvalue weighted by Gasteiger charge is 2.46. The number of benzene rings is 2. The van der Waals surface area contributed by atoms with Gasteiger partial charge in [-0.2, -0.15) is 0 Å². The second-order valence-electron chi connectivity index (χ2n) is 12.1. The molecule has 0 aliphatic carbocycles. The van der Waals surface area contributed by atoms with Crippen molar-refractivity contribution in [1.29, 1.82) is 0 Å². The number of rotatable bonds is 5. The van der Waals surface area contributed by atoms with Gasteiger partial charge in [0.15, 0.2) is 5.11 Å². The molecule has 0 saturated carbocycles. The topological polar surface area (TPSA) is 39.6 Å². The van der Waals surface area contributed by atoms with Crippen molar-refractivity contribution >= 4 is 28.7 Å². The number of hydrogen-bond donors (Lipinski definition) is 1. The van der Waals surface area contributed by atoms with Gasteiger partial charge in [-0.3, -0.25) is 9.47 Å². The SMILES string of the molecule is CC1Nc2ccccc2N1C1C[C@H]2CC[C@@H](C1)N2CCC1(c2ccccc2)CCN(C(=S)n2ccnc2)CC1. The zero-order valence-electron chi connectivity index (χ0n) is 23.0. The molecular formula is C32H40N6S. The lowest BCUT2D eigenvalue weighted by molar-refractivity contribution is 0.101. The average molecular weight is 541 g/mol. The molecule has 4 atom stereocenters. The second kappa shape index (κ2) is 10.3. The monoisotopic (exact) mass is 540 g/mol. The Hall–Kier alpha value is -2.90. The molecule has 2 unspecified atom stereocenters. The highest BCUT2D eigenvalue weighted by molar-refractivity contribution is 7.80. The molecule has 3 aromatic rings. The van der Waals surface area contributed by atoms with Crippen molar-refractivity contribution in [3.63, 3.8) is 0 Å². The van der Waals surface area contributed by atoms with Gasteiger partial charge in [-0.1, -0.05) is 42.5 Å². The van der Waals surface area contributed by atoms with E-state index < -0.39 is 0 Å². The summed E-state index contributed by atoms with van der Waals surface area (Å²) in [5, 5.41) is 4.59. The van der Waals surface area contributed by atoms with Gasteiger partial charge in [0.2, 0.25) is 0 Å². The third-order valence-electron chi connectivity index (χ3n) is 10.2. The second-order valence-corrected chi connectivity index (χ2v) is 12.5. The molecule has 204 valence electrons. The Morgan fingerprint density at radius 1 is 0.974 bits per heavy atom. The predicted octanol–water partition coefficient (Wildman–Crippen LogP) is 5.71. The van der Waals surface area contributed by atoms with Crippen LogP contribution in [0.2, 0.25) is 0 Å². The van der Waals surface area contributed by atoms with Crippen molar-refractivity contribution in [3.05, 3.63) is 78.9 Å². The lowest BCUT2D eigenvalue weighted by atomic mass is 9.70. The van der Waals surface area contributed by atoms with Crippen LogP contribution in [-0.2, 0) is 5.41 Å². The van der Waals surface area contributed by atoms with Gasteiger partial charge in [-0.25, -0.2) is 4.98 Å². The maximum atomic E-state index is 5.81. The number of imidazole rings is 1. The van der Waals surface area contributed by atoms with E-state index in [0.29, 0.717) is 24.3 Å². The first-order chi connectivity index (χ1) is 19.1. The molecule has 1 N–H and O–H groups in total. The van der Waals surface area contributed by atoms with Crippen LogP contribution in [0.5, 0.6) is 0 Å². The van der Waals surface area contributed by atoms with Crippen molar-refractivity contribution in [1.82, 2.24) is 19.4 Å². The summed E-state index contributed by atoms with van der Waals surface area (Å²) >= 11 is 5.81. The normalized spacial score (nSPS) is 27.8. The molecule has 3 fully saturated rings. The number of anilines is 2. The summed E-state index contributed by atoms with van der Waals surface area (Å²) in [6.45, 7) is 5.52.